The Labute approximate surface area is 124 Å². The Morgan fingerprint density at radius 1 is 1.35 bits per heavy atom. The van der Waals surface area contributed by atoms with Crippen LogP contribution in [0.2, 0.25) is 0 Å². The highest BCUT2D eigenvalue weighted by Gasteiger charge is 2.24. The van der Waals surface area contributed by atoms with E-state index in [1.807, 2.05) is 11.3 Å². The Kier molecular flexibility index (Phi) is 3.81. The molecule has 3 heteroatoms. The van der Waals surface area contributed by atoms with Gasteiger partial charge in [0.1, 0.15) is 5.75 Å². The van der Waals surface area contributed by atoms with E-state index in [0.29, 0.717) is 0 Å². The zero-order chi connectivity index (χ0) is 14.1. The molecule has 20 heavy (non-hydrogen) atoms. The van der Waals surface area contributed by atoms with Crippen molar-refractivity contribution in [2.75, 3.05) is 13.2 Å². The summed E-state index contributed by atoms with van der Waals surface area (Å²) in [7, 11) is 0. The second-order valence-corrected chi connectivity index (χ2v) is 6.60. The molecule has 1 N–H and O–H groups in total. The first kappa shape index (κ1) is 13.7. The third-order valence-corrected chi connectivity index (χ3v) is 5.15. The van der Waals surface area contributed by atoms with E-state index in [4.69, 9.17) is 4.74 Å². The van der Waals surface area contributed by atoms with E-state index in [1.54, 1.807) is 0 Å². The predicted octanol–water partition coefficient (Wildman–Crippen LogP) is 4.00. The van der Waals surface area contributed by atoms with Gasteiger partial charge in [0.2, 0.25) is 0 Å². The van der Waals surface area contributed by atoms with Gasteiger partial charge in [-0.2, -0.15) is 0 Å². The summed E-state index contributed by atoms with van der Waals surface area (Å²) in [5, 5.41) is 3.62. The quantitative estimate of drug-likeness (QED) is 0.917. The smallest absolute Gasteiger partial charge is 0.127 e. The van der Waals surface area contributed by atoms with E-state index in [1.165, 1.54) is 26.4 Å². The first-order valence-corrected chi connectivity index (χ1v) is 8.07. The molecule has 0 amide bonds. The van der Waals surface area contributed by atoms with E-state index in [9.17, 15) is 0 Å². The molecular weight excluding hydrogens is 266 g/mol. The number of rotatable bonds is 4. The summed E-state index contributed by atoms with van der Waals surface area (Å²) in [6.45, 7) is 8.30. The number of thiophene rings is 1. The summed E-state index contributed by atoms with van der Waals surface area (Å²) in [5.41, 5.74) is 4.00. The highest BCUT2D eigenvalue weighted by Crippen LogP contribution is 2.38. The van der Waals surface area contributed by atoms with Crippen LogP contribution in [-0.4, -0.2) is 13.2 Å². The molecule has 0 spiro atoms. The van der Waals surface area contributed by atoms with Crippen LogP contribution in [0, 0.1) is 13.8 Å². The Bertz CT molecular complexity index is 598. The van der Waals surface area contributed by atoms with Crippen LogP contribution >= 0.6 is 11.3 Å². The van der Waals surface area contributed by atoms with E-state index in [-0.39, 0.29) is 6.04 Å². The van der Waals surface area contributed by atoms with E-state index >= 15 is 0 Å². The number of nitrogens with one attached hydrogen (secondary N) is 1. The van der Waals surface area contributed by atoms with Gasteiger partial charge in [-0.1, -0.05) is 25.1 Å². The zero-order valence-corrected chi connectivity index (χ0v) is 13.1. The van der Waals surface area contributed by atoms with Crippen LogP contribution < -0.4 is 10.1 Å². The minimum Gasteiger partial charge on any atom is -0.493 e. The summed E-state index contributed by atoms with van der Waals surface area (Å²) in [6.07, 6.45) is 1.03. The molecule has 2 nitrogen and oxygen atoms in total. The average Bonchev–Trinajstić information content (AvgIpc) is 3.03. The minimum atomic E-state index is 0.241. The fourth-order valence-corrected chi connectivity index (χ4v) is 3.92. The second-order valence-electron chi connectivity index (χ2n) is 5.31. The molecule has 1 unspecified atom stereocenters. The average molecular weight is 287 g/mol. The van der Waals surface area contributed by atoms with Crippen LogP contribution in [0.15, 0.2) is 24.3 Å². The Hall–Kier alpha value is -1.32. The molecule has 1 aliphatic rings. The molecule has 0 saturated heterocycles. The van der Waals surface area contributed by atoms with Gasteiger partial charge in [0, 0.05) is 21.7 Å². The molecule has 1 aliphatic heterocycles. The van der Waals surface area contributed by atoms with Crippen molar-refractivity contribution in [2.45, 2.75) is 33.2 Å². The van der Waals surface area contributed by atoms with Gasteiger partial charge in [0.15, 0.2) is 0 Å². The zero-order valence-electron chi connectivity index (χ0n) is 12.3. The lowest BCUT2D eigenvalue weighted by Crippen LogP contribution is -2.21. The van der Waals surface area contributed by atoms with E-state index in [0.717, 1.165) is 25.3 Å². The summed E-state index contributed by atoms with van der Waals surface area (Å²) < 4.78 is 5.88. The number of fused-ring (bicyclic) bond motifs is 1. The lowest BCUT2D eigenvalue weighted by molar-refractivity contribution is 0.351. The van der Waals surface area contributed by atoms with Gasteiger partial charge in [0.05, 0.1) is 12.6 Å². The van der Waals surface area contributed by atoms with Crippen molar-refractivity contribution in [3.63, 3.8) is 0 Å². The van der Waals surface area contributed by atoms with Crippen LogP contribution in [0.4, 0.5) is 0 Å². The van der Waals surface area contributed by atoms with E-state index in [2.05, 4.69) is 50.4 Å². The van der Waals surface area contributed by atoms with Gasteiger partial charge < -0.3 is 10.1 Å². The SMILES string of the molecule is CCNC(c1cc(C)c(C)s1)c1cccc2c1OCC2. The van der Waals surface area contributed by atoms with Gasteiger partial charge in [-0.15, -0.1) is 11.3 Å². The van der Waals surface area contributed by atoms with Crippen LogP contribution in [0.25, 0.3) is 0 Å². The Morgan fingerprint density at radius 3 is 2.90 bits per heavy atom. The maximum absolute atomic E-state index is 5.88. The molecule has 0 saturated carbocycles. The molecule has 1 aromatic heterocycles. The van der Waals surface area contributed by atoms with Gasteiger partial charge in [-0.3, -0.25) is 0 Å². The minimum absolute atomic E-state index is 0.241. The summed E-state index contributed by atoms with van der Waals surface area (Å²) in [5.74, 6) is 1.10. The molecule has 1 aromatic carbocycles. The van der Waals surface area contributed by atoms with Crippen molar-refractivity contribution in [3.05, 3.63) is 50.7 Å². The standard InChI is InChI=1S/C17H21NOS/c1-4-18-16(15-10-11(2)12(3)20-15)14-7-5-6-13-8-9-19-17(13)14/h5-7,10,16,18H,4,8-9H2,1-3H3. The third kappa shape index (κ3) is 2.36. The topological polar surface area (TPSA) is 21.3 Å². The number of ether oxygens (including phenoxy) is 1. The molecule has 0 fully saturated rings. The molecule has 3 rings (SSSR count). The van der Waals surface area contributed by atoms with Gasteiger partial charge in [-0.05, 0) is 37.6 Å². The van der Waals surface area contributed by atoms with Crippen molar-refractivity contribution in [3.8, 4) is 5.75 Å². The van der Waals surface area contributed by atoms with Crippen molar-refractivity contribution in [1.82, 2.24) is 5.32 Å². The lowest BCUT2D eigenvalue weighted by Gasteiger charge is -2.19. The van der Waals surface area contributed by atoms with E-state index < -0.39 is 0 Å². The first-order chi connectivity index (χ1) is 9.70. The summed E-state index contributed by atoms with van der Waals surface area (Å²) in [6, 6.07) is 9.08. The summed E-state index contributed by atoms with van der Waals surface area (Å²) in [4.78, 5) is 2.78. The maximum Gasteiger partial charge on any atom is 0.127 e. The van der Waals surface area contributed by atoms with Crippen molar-refractivity contribution in [2.24, 2.45) is 0 Å². The van der Waals surface area contributed by atoms with Crippen LogP contribution in [0.3, 0.4) is 0 Å². The number of para-hydroxylation sites is 1. The van der Waals surface area contributed by atoms with Crippen molar-refractivity contribution in [1.29, 1.82) is 0 Å². The highest BCUT2D eigenvalue weighted by molar-refractivity contribution is 7.12. The number of hydrogen-bond donors (Lipinski definition) is 1. The molecule has 0 bridgehead atoms. The lowest BCUT2D eigenvalue weighted by atomic mass is 10.00. The first-order valence-electron chi connectivity index (χ1n) is 7.25. The fourth-order valence-electron chi connectivity index (χ4n) is 2.78. The molecule has 1 atom stereocenters. The molecular formula is C17H21NOS. The molecule has 2 heterocycles. The Balaban J connectivity index is 2.05. The largest absolute Gasteiger partial charge is 0.493 e. The van der Waals surface area contributed by atoms with Crippen LogP contribution in [0.5, 0.6) is 5.75 Å². The highest BCUT2D eigenvalue weighted by atomic mass is 32.1. The molecule has 0 radical (unpaired) electrons. The summed E-state index contributed by atoms with van der Waals surface area (Å²) >= 11 is 1.88. The normalized spacial score (nSPS) is 14.9. The van der Waals surface area contributed by atoms with Crippen molar-refractivity contribution >= 4 is 11.3 Å². The van der Waals surface area contributed by atoms with Gasteiger partial charge in [-0.25, -0.2) is 0 Å². The monoisotopic (exact) mass is 287 g/mol. The number of hydrogen-bond acceptors (Lipinski definition) is 3. The maximum atomic E-state index is 5.88. The van der Waals surface area contributed by atoms with Crippen LogP contribution in [-0.2, 0) is 6.42 Å². The third-order valence-electron chi connectivity index (χ3n) is 3.93. The molecule has 2 aromatic rings. The number of aryl methyl sites for hydroxylation is 2. The number of benzene rings is 1. The molecule has 0 aliphatic carbocycles. The van der Waals surface area contributed by atoms with Gasteiger partial charge in [0.25, 0.3) is 0 Å². The van der Waals surface area contributed by atoms with Crippen LogP contribution in [0.1, 0.15) is 39.4 Å². The van der Waals surface area contributed by atoms with Gasteiger partial charge >= 0.3 is 0 Å². The Morgan fingerprint density at radius 2 is 2.20 bits per heavy atom. The second kappa shape index (κ2) is 5.58. The molecule has 106 valence electrons. The fraction of sp³-hybridized carbons (Fsp3) is 0.412. The van der Waals surface area contributed by atoms with Crippen molar-refractivity contribution < 1.29 is 4.74 Å². The predicted molar refractivity (Wildman–Crippen MR) is 85.0 cm³/mol.